The first-order valence-corrected chi connectivity index (χ1v) is 6.97. The van der Waals surface area contributed by atoms with Gasteiger partial charge in [0.05, 0.1) is 12.2 Å². The summed E-state index contributed by atoms with van der Waals surface area (Å²) < 4.78 is 5.88. The molecule has 3 atom stereocenters. The van der Waals surface area contributed by atoms with Crippen molar-refractivity contribution >= 4 is 0 Å². The molecule has 1 aliphatic rings. The van der Waals surface area contributed by atoms with Gasteiger partial charge in [0.1, 0.15) is 11.5 Å². The van der Waals surface area contributed by atoms with Crippen LogP contribution in [-0.2, 0) is 6.54 Å². The average Bonchev–Trinajstić information content (AvgIpc) is 3.00. The number of rotatable bonds is 5. The van der Waals surface area contributed by atoms with Crippen molar-refractivity contribution in [2.75, 3.05) is 0 Å². The van der Waals surface area contributed by atoms with Crippen molar-refractivity contribution in [2.45, 2.75) is 38.8 Å². The molecule has 0 saturated heterocycles. The van der Waals surface area contributed by atoms with Gasteiger partial charge in [-0.25, -0.2) is 0 Å². The van der Waals surface area contributed by atoms with E-state index in [4.69, 9.17) is 4.42 Å². The maximum absolute atomic E-state index is 5.88. The van der Waals surface area contributed by atoms with Gasteiger partial charge in [-0.05, 0) is 43.5 Å². The van der Waals surface area contributed by atoms with Crippen LogP contribution in [0.25, 0.3) is 0 Å². The van der Waals surface area contributed by atoms with E-state index in [1.807, 2.05) is 24.4 Å². The van der Waals surface area contributed by atoms with Crippen molar-refractivity contribution in [1.29, 1.82) is 0 Å². The Bertz CT molecular complexity index is 535. The third-order valence-corrected chi connectivity index (χ3v) is 3.87. The number of pyridine rings is 1. The molecule has 3 heteroatoms. The fourth-order valence-electron chi connectivity index (χ4n) is 2.40. The Morgan fingerprint density at radius 1 is 1.37 bits per heavy atom. The number of hydrogen-bond donors (Lipinski definition) is 1. The summed E-state index contributed by atoms with van der Waals surface area (Å²) in [6.45, 7) is 5.14. The summed E-state index contributed by atoms with van der Waals surface area (Å²) in [5, 5.41) is 3.44. The monoisotopic (exact) mass is 256 g/mol. The van der Waals surface area contributed by atoms with Gasteiger partial charge in [-0.2, -0.15) is 0 Å². The second kappa shape index (κ2) is 5.17. The van der Waals surface area contributed by atoms with Gasteiger partial charge in [0.25, 0.3) is 0 Å². The highest BCUT2D eigenvalue weighted by Crippen LogP contribution is 2.47. The van der Waals surface area contributed by atoms with Crippen LogP contribution in [0.2, 0.25) is 0 Å². The van der Waals surface area contributed by atoms with E-state index in [9.17, 15) is 0 Å². The molecule has 2 heterocycles. The Balaban J connectivity index is 1.56. The van der Waals surface area contributed by atoms with Gasteiger partial charge in [0.2, 0.25) is 0 Å². The van der Waals surface area contributed by atoms with Crippen molar-refractivity contribution < 1.29 is 4.42 Å². The molecule has 2 aromatic rings. The van der Waals surface area contributed by atoms with Crippen LogP contribution in [0.15, 0.2) is 40.9 Å². The second-order valence-corrected chi connectivity index (χ2v) is 5.48. The quantitative estimate of drug-likeness (QED) is 0.887. The fourth-order valence-corrected chi connectivity index (χ4v) is 2.40. The Hall–Kier alpha value is -1.61. The van der Waals surface area contributed by atoms with E-state index in [0.29, 0.717) is 5.92 Å². The Labute approximate surface area is 114 Å². The standard InChI is InChI=1S/C16H20N2O/c1-11-9-14(11)16-7-6-13(19-16)10-18-12(2)15-5-3-4-8-17-15/h3-8,11-12,14,18H,9-10H2,1-2H3/t11?,12-,14?/m0/s1. The van der Waals surface area contributed by atoms with Crippen LogP contribution in [0.3, 0.4) is 0 Å². The lowest BCUT2D eigenvalue weighted by Crippen LogP contribution is -2.18. The summed E-state index contributed by atoms with van der Waals surface area (Å²) in [6.07, 6.45) is 3.09. The lowest BCUT2D eigenvalue weighted by atomic mass is 10.2. The zero-order chi connectivity index (χ0) is 13.2. The fraction of sp³-hybridized carbons (Fsp3) is 0.438. The summed E-state index contributed by atoms with van der Waals surface area (Å²) >= 11 is 0. The molecule has 2 aromatic heterocycles. The lowest BCUT2D eigenvalue weighted by Gasteiger charge is -2.11. The predicted molar refractivity (Wildman–Crippen MR) is 74.7 cm³/mol. The van der Waals surface area contributed by atoms with Crippen LogP contribution in [0.5, 0.6) is 0 Å². The van der Waals surface area contributed by atoms with Gasteiger partial charge in [-0.3, -0.25) is 4.98 Å². The van der Waals surface area contributed by atoms with Crippen LogP contribution in [-0.4, -0.2) is 4.98 Å². The highest BCUT2D eigenvalue weighted by Gasteiger charge is 2.36. The molecule has 1 fully saturated rings. The normalized spacial score (nSPS) is 23.3. The Kier molecular flexibility index (Phi) is 3.38. The first kappa shape index (κ1) is 12.4. The predicted octanol–water partition coefficient (Wildman–Crippen LogP) is 3.65. The number of furan rings is 1. The number of hydrogen-bond acceptors (Lipinski definition) is 3. The zero-order valence-corrected chi connectivity index (χ0v) is 11.5. The molecule has 0 radical (unpaired) electrons. The van der Waals surface area contributed by atoms with Crippen molar-refractivity contribution in [3.63, 3.8) is 0 Å². The SMILES string of the molecule is CC1CC1c1ccc(CN[C@@H](C)c2ccccn2)o1. The van der Waals surface area contributed by atoms with Crippen LogP contribution in [0.1, 0.15) is 49.4 Å². The molecule has 0 amide bonds. The van der Waals surface area contributed by atoms with Crippen molar-refractivity contribution in [3.05, 3.63) is 53.7 Å². The molecule has 1 N–H and O–H groups in total. The van der Waals surface area contributed by atoms with E-state index in [0.717, 1.165) is 29.7 Å². The average molecular weight is 256 g/mol. The largest absolute Gasteiger partial charge is 0.464 e. The van der Waals surface area contributed by atoms with Crippen LogP contribution in [0.4, 0.5) is 0 Å². The molecule has 2 unspecified atom stereocenters. The smallest absolute Gasteiger partial charge is 0.117 e. The first-order chi connectivity index (χ1) is 9.24. The number of nitrogens with zero attached hydrogens (tertiary/aromatic N) is 1. The highest BCUT2D eigenvalue weighted by atomic mass is 16.3. The van der Waals surface area contributed by atoms with E-state index in [2.05, 4.69) is 36.3 Å². The van der Waals surface area contributed by atoms with E-state index in [-0.39, 0.29) is 6.04 Å². The summed E-state index contributed by atoms with van der Waals surface area (Å²) in [4.78, 5) is 4.35. The molecule has 0 bridgehead atoms. The van der Waals surface area contributed by atoms with Gasteiger partial charge in [-0.1, -0.05) is 13.0 Å². The van der Waals surface area contributed by atoms with Gasteiger partial charge in [0, 0.05) is 18.2 Å². The third-order valence-electron chi connectivity index (χ3n) is 3.87. The summed E-state index contributed by atoms with van der Waals surface area (Å²) in [6, 6.07) is 10.4. The van der Waals surface area contributed by atoms with Crippen molar-refractivity contribution in [3.8, 4) is 0 Å². The molecule has 1 saturated carbocycles. The maximum atomic E-state index is 5.88. The van der Waals surface area contributed by atoms with Gasteiger partial charge in [0.15, 0.2) is 0 Å². The maximum Gasteiger partial charge on any atom is 0.117 e. The molecule has 0 aliphatic heterocycles. The van der Waals surface area contributed by atoms with Gasteiger partial charge in [-0.15, -0.1) is 0 Å². The molecule has 1 aliphatic carbocycles. The van der Waals surface area contributed by atoms with Crippen LogP contribution >= 0.6 is 0 Å². The zero-order valence-electron chi connectivity index (χ0n) is 11.5. The van der Waals surface area contributed by atoms with E-state index in [1.54, 1.807) is 0 Å². The van der Waals surface area contributed by atoms with E-state index >= 15 is 0 Å². The summed E-state index contributed by atoms with van der Waals surface area (Å²) in [5.74, 6) is 3.60. The third kappa shape index (κ3) is 2.87. The minimum Gasteiger partial charge on any atom is -0.464 e. The van der Waals surface area contributed by atoms with Crippen molar-refractivity contribution in [2.24, 2.45) is 5.92 Å². The van der Waals surface area contributed by atoms with Crippen LogP contribution in [0, 0.1) is 5.92 Å². The number of aromatic nitrogens is 1. The highest BCUT2D eigenvalue weighted by molar-refractivity contribution is 5.17. The Morgan fingerprint density at radius 3 is 2.89 bits per heavy atom. The van der Waals surface area contributed by atoms with Gasteiger partial charge < -0.3 is 9.73 Å². The first-order valence-electron chi connectivity index (χ1n) is 6.97. The van der Waals surface area contributed by atoms with E-state index < -0.39 is 0 Å². The number of nitrogens with one attached hydrogen (secondary N) is 1. The van der Waals surface area contributed by atoms with Crippen molar-refractivity contribution in [1.82, 2.24) is 10.3 Å². The molecule has 100 valence electrons. The molecule has 0 spiro atoms. The summed E-state index contributed by atoms with van der Waals surface area (Å²) in [5.41, 5.74) is 1.06. The lowest BCUT2D eigenvalue weighted by molar-refractivity contribution is 0.428. The molecule has 0 aromatic carbocycles. The topological polar surface area (TPSA) is 38.1 Å². The second-order valence-electron chi connectivity index (χ2n) is 5.48. The molecular weight excluding hydrogens is 236 g/mol. The van der Waals surface area contributed by atoms with Crippen LogP contribution < -0.4 is 5.32 Å². The Morgan fingerprint density at radius 2 is 2.21 bits per heavy atom. The molecule has 19 heavy (non-hydrogen) atoms. The summed E-state index contributed by atoms with van der Waals surface area (Å²) in [7, 11) is 0. The molecule has 3 rings (SSSR count). The minimum atomic E-state index is 0.231. The van der Waals surface area contributed by atoms with E-state index in [1.165, 1.54) is 6.42 Å². The molecule has 3 nitrogen and oxygen atoms in total. The minimum absolute atomic E-state index is 0.231. The molecular formula is C16H20N2O. The van der Waals surface area contributed by atoms with Gasteiger partial charge >= 0.3 is 0 Å².